The zero-order valence-corrected chi connectivity index (χ0v) is 11.3. The molecular weight excluding hydrogens is 220 g/mol. The maximum absolute atomic E-state index is 8.90. The van der Waals surface area contributed by atoms with Crippen LogP contribution >= 0.6 is 0 Å². The summed E-state index contributed by atoms with van der Waals surface area (Å²) < 4.78 is 0. The van der Waals surface area contributed by atoms with Crippen molar-refractivity contribution in [2.75, 3.05) is 0 Å². The summed E-state index contributed by atoms with van der Waals surface area (Å²) in [7, 11) is 0. The van der Waals surface area contributed by atoms with Gasteiger partial charge < -0.3 is 0 Å². The van der Waals surface area contributed by atoms with Crippen molar-refractivity contribution in [3.05, 3.63) is 0 Å². The molecule has 0 atom stereocenters. The van der Waals surface area contributed by atoms with Crippen molar-refractivity contribution in [1.29, 1.82) is 0 Å². The largest absolute Gasteiger partial charge is 0.249 e. The molecule has 0 saturated carbocycles. The van der Waals surface area contributed by atoms with E-state index in [1.165, 1.54) is 0 Å². The Morgan fingerprint density at radius 3 is 1.41 bits per heavy atom. The SMILES string of the molecule is CCCCCCC(CCCCCC)(OO)OO. The third-order valence-corrected chi connectivity index (χ3v) is 3.16. The molecule has 4 heteroatoms. The van der Waals surface area contributed by atoms with Gasteiger partial charge in [-0.3, -0.25) is 0 Å². The number of rotatable bonds is 12. The van der Waals surface area contributed by atoms with Crippen molar-refractivity contribution in [1.82, 2.24) is 0 Å². The van der Waals surface area contributed by atoms with Crippen LogP contribution in [0.2, 0.25) is 0 Å². The van der Waals surface area contributed by atoms with Gasteiger partial charge in [0, 0.05) is 12.8 Å². The van der Waals surface area contributed by atoms with E-state index in [9.17, 15) is 0 Å². The maximum Gasteiger partial charge on any atom is 0.233 e. The molecule has 0 fully saturated rings. The van der Waals surface area contributed by atoms with E-state index in [1.807, 2.05) is 0 Å². The molecule has 0 aromatic heterocycles. The summed E-state index contributed by atoms with van der Waals surface area (Å²) in [6, 6.07) is 0. The van der Waals surface area contributed by atoms with Gasteiger partial charge in [0.05, 0.1) is 0 Å². The second-order valence-electron chi connectivity index (χ2n) is 4.71. The van der Waals surface area contributed by atoms with Crippen LogP contribution in [0.4, 0.5) is 0 Å². The van der Waals surface area contributed by atoms with Crippen LogP contribution in [0.1, 0.15) is 78.1 Å². The Bertz CT molecular complexity index is 143. The predicted molar refractivity (Wildman–Crippen MR) is 67.7 cm³/mol. The maximum atomic E-state index is 8.90. The first kappa shape index (κ1) is 16.8. The Balaban J connectivity index is 3.88. The lowest BCUT2D eigenvalue weighted by atomic mass is 10.00. The van der Waals surface area contributed by atoms with Gasteiger partial charge in [-0.25, -0.2) is 20.3 Å². The molecule has 0 aliphatic rings. The van der Waals surface area contributed by atoms with Crippen molar-refractivity contribution < 1.29 is 20.3 Å². The van der Waals surface area contributed by atoms with E-state index in [-0.39, 0.29) is 0 Å². The Morgan fingerprint density at radius 1 is 0.706 bits per heavy atom. The van der Waals surface area contributed by atoms with E-state index in [2.05, 4.69) is 23.6 Å². The van der Waals surface area contributed by atoms with Crippen LogP contribution in [0.25, 0.3) is 0 Å². The van der Waals surface area contributed by atoms with Crippen LogP contribution in [0.15, 0.2) is 0 Å². The molecule has 0 spiro atoms. The van der Waals surface area contributed by atoms with Crippen molar-refractivity contribution in [3.63, 3.8) is 0 Å². The van der Waals surface area contributed by atoms with Crippen molar-refractivity contribution >= 4 is 0 Å². The number of unbranched alkanes of at least 4 members (excludes halogenated alkanes) is 6. The fourth-order valence-electron chi connectivity index (χ4n) is 1.97. The van der Waals surface area contributed by atoms with Gasteiger partial charge in [0.1, 0.15) is 0 Å². The van der Waals surface area contributed by atoms with Gasteiger partial charge in [-0.2, -0.15) is 0 Å². The molecule has 0 bridgehead atoms. The summed E-state index contributed by atoms with van der Waals surface area (Å²) in [5.41, 5.74) is 0. The molecule has 0 saturated heterocycles. The first-order valence-electron chi connectivity index (χ1n) is 6.89. The monoisotopic (exact) mass is 248 g/mol. The van der Waals surface area contributed by atoms with Gasteiger partial charge in [-0.15, -0.1) is 0 Å². The molecule has 4 nitrogen and oxygen atoms in total. The average molecular weight is 248 g/mol. The van der Waals surface area contributed by atoms with Gasteiger partial charge in [0.2, 0.25) is 5.79 Å². The van der Waals surface area contributed by atoms with Crippen LogP contribution in [-0.2, 0) is 9.78 Å². The first-order chi connectivity index (χ1) is 8.24. The molecule has 0 aliphatic heterocycles. The van der Waals surface area contributed by atoms with Crippen LogP contribution < -0.4 is 0 Å². The Labute approximate surface area is 105 Å². The molecular formula is C13H28O4. The molecule has 0 amide bonds. The van der Waals surface area contributed by atoms with Crippen molar-refractivity contribution in [3.8, 4) is 0 Å². The van der Waals surface area contributed by atoms with Crippen LogP contribution in [0, 0.1) is 0 Å². The molecule has 0 aliphatic carbocycles. The summed E-state index contributed by atoms with van der Waals surface area (Å²) in [6.07, 6.45) is 9.61. The predicted octanol–water partition coefficient (Wildman–Crippen LogP) is 4.60. The highest BCUT2D eigenvalue weighted by molar-refractivity contribution is 4.67. The number of hydrogen-bond acceptors (Lipinski definition) is 4. The Kier molecular flexibility index (Phi) is 10.9. The number of hydrogen-bond donors (Lipinski definition) is 2. The quantitative estimate of drug-likeness (QED) is 0.229. The summed E-state index contributed by atoms with van der Waals surface area (Å²) >= 11 is 0. The van der Waals surface area contributed by atoms with Gasteiger partial charge in [-0.05, 0) is 12.8 Å². The molecule has 0 radical (unpaired) electrons. The molecule has 2 N–H and O–H groups in total. The summed E-state index contributed by atoms with van der Waals surface area (Å²) in [6.45, 7) is 4.28. The molecule has 0 aromatic carbocycles. The minimum atomic E-state index is -1.21. The van der Waals surface area contributed by atoms with E-state index >= 15 is 0 Å². The lowest BCUT2D eigenvalue weighted by Crippen LogP contribution is -2.34. The Hall–Kier alpha value is -0.160. The molecule has 0 heterocycles. The molecule has 0 aromatic rings. The van der Waals surface area contributed by atoms with E-state index in [0.717, 1.165) is 51.4 Å². The van der Waals surface area contributed by atoms with E-state index in [4.69, 9.17) is 10.5 Å². The van der Waals surface area contributed by atoms with Crippen molar-refractivity contribution in [2.24, 2.45) is 0 Å². The zero-order chi connectivity index (χ0) is 13.0. The van der Waals surface area contributed by atoms with Crippen molar-refractivity contribution in [2.45, 2.75) is 83.8 Å². The minimum Gasteiger partial charge on any atom is -0.249 e. The van der Waals surface area contributed by atoms with Gasteiger partial charge in [0.25, 0.3) is 0 Å². The lowest BCUT2D eigenvalue weighted by molar-refractivity contribution is -0.490. The van der Waals surface area contributed by atoms with Crippen LogP contribution in [-0.4, -0.2) is 16.3 Å². The molecule has 17 heavy (non-hydrogen) atoms. The highest BCUT2D eigenvalue weighted by Gasteiger charge is 2.32. The molecule has 0 rings (SSSR count). The minimum absolute atomic E-state index is 0.534. The topological polar surface area (TPSA) is 58.9 Å². The highest BCUT2D eigenvalue weighted by Crippen LogP contribution is 2.26. The molecule has 0 unspecified atom stereocenters. The lowest BCUT2D eigenvalue weighted by Gasteiger charge is -2.26. The fraction of sp³-hybridized carbons (Fsp3) is 1.00. The standard InChI is InChI=1S/C13H28O4/c1-3-5-7-9-11-13(16-14,17-15)12-10-8-6-4-2/h14-15H,3-12H2,1-2H3. The van der Waals surface area contributed by atoms with Gasteiger partial charge >= 0.3 is 0 Å². The second-order valence-corrected chi connectivity index (χ2v) is 4.71. The normalized spacial score (nSPS) is 12.0. The third kappa shape index (κ3) is 7.71. The summed E-state index contributed by atoms with van der Waals surface area (Å²) in [4.78, 5) is 8.75. The third-order valence-electron chi connectivity index (χ3n) is 3.16. The average Bonchev–Trinajstić information content (AvgIpc) is 2.37. The Morgan fingerprint density at radius 2 is 1.12 bits per heavy atom. The van der Waals surface area contributed by atoms with E-state index in [0.29, 0.717) is 12.8 Å². The van der Waals surface area contributed by atoms with Gasteiger partial charge in [0.15, 0.2) is 0 Å². The van der Waals surface area contributed by atoms with Crippen LogP contribution in [0.3, 0.4) is 0 Å². The highest BCUT2D eigenvalue weighted by atomic mass is 17.2. The van der Waals surface area contributed by atoms with Crippen LogP contribution in [0.5, 0.6) is 0 Å². The van der Waals surface area contributed by atoms with E-state index < -0.39 is 5.79 Å². The zero-order valence-electron chi connectivity index (χ0n) is 11.3. The summed E-state index contributed by atoms with van der Waals surface area (Å²) in [5.74, 6) is -1.21. The van der Waals surface area contributed by atoms with E-state index in [1.54, 1.807) is 0 Å². The first-order valence-corrected chi connectivity index (χ1v) is 6.89. The smallest absolute Gasteiger partial charge is 0.233 e. The second kappa shape index (κ2) is 11.0. The van der Waals surface area contributed by atoms with Gasteiger partial charge in [-0.1, -0.05) is 52.4 Å². The fourth-order valence-corrected chi connectivity index (χ4v) is 1.97. The molecule has 104 valence electrons. The summed E-state index contributed by atoms with van der Waals surface area (Å²) in [5, 5.41) is 17.8.